The average molecular weight is 1560 g/mol. The molecular formula is C93H111N9O11S. The number of allylic oxidation sites excluding steroid dienone is 19. The number of thioether (sulfide) groups is 1. The number of hydrogen-bond acceptors (Lipinski definition) is 19. The molecule has 8 aliphatic rings. The number of amides is 1. The second kappa shape index (κ2) is 38.0. The van der Waals surface area contributed by atoms with Gasteiger partial charge >= 0.3 is 0 Å². The molecule has 21 heteroatoms. The maximum absolute atomic E-state index is 13.0. The molecule has 0 unspecified atom stereocenters. The van der Waals surface area contributed by atoms with Crippen molar-refractivity contribution in [2.24, 2.45) is 9.98 Å². The number of Topliss-reactive ketones (excluding diaryl/α,β-unsaturated/α-hetero) is 4. The van der Waals surface area contributed by atoms with Gasteiger partial charge in [0.15, 0.2) is 22.4 Å². The molecule has 2 heterocycles. The Kier molecular flexibility index (Phi) is 28.9. The van der Waals surface area contributed by atoms with Crippen LogP contribution >= 0.6 is 11.8 Å². The number of ketones is 5. The Morgan fingerprint density at radius 2 is 0.860 bits per heavy atom. The zero-order chi connectivity index (χ0) is 83.4. The first-order chi connectivity index (χ1) is 54.6. The van der Waals surface area contributed by atoms with E-state index in [1.807, 2.05) is 158 Å². The van der Waals surface area contributed by atoms with Crippen molar-refractivity contribution in [3.05, 3.63) is 239 Å². The van der Waals surface area contributed by atoms with Gasteiger partial charge in [0, 0.05) is 159 Å². The molecule has 12 rings (SSSR count). The van der Waals surface area contributed by atoms with Crippen molar-refractivity contribution in [1.29, 1.82) is 0 Å². The lowest BCUT2D eigenvalue weighted by Crippen LogP contribution is -2.31. The monoisotopic (exact) mass is 1560 g/mol. The zero-order valence-corrected chi connectivity index (χ0v) is 70.5. The van der Waals surface area contributed by atoms with E-state index < -0.39 is 11.7 Å². The summed E-state index contributed by atoms with van der Waals surface area (Å²) in [5.41, 5.74) is 16.8. The predicted molar refractivity (Wildman–Crippen MR) is 464 cm³/mol. The molecular weight excluding hydrogens is 1450 g/mol. The van der Waals surface area contributed by atoms with Crippen LogP contribution in [-0.4, -0.2) is 178 Å². The molecule has 2 aliphatic heterocycles. The second-order valence-electron chi connectivity index (χ2n) is 28.0. The molecule has 20 nitrogen and oxygen atoms in total. The fourth-order valence-corrected chi connectivity index (χ4v) is 16.6. The first-order valence-electron chi connectivity index (χ1n) is 40.2. The van der Waals surface area contributed by atoms with Gasteiger partial charge in [0.25, 0.3) is 5.91 Å². The molecule has 0 aromatic heterocycles. The Balaban J connectivity index is 0.000000174. The Bertz CT molecular complexity index is 5060. The highest BCUT2D eigenvalue weighted by atomic mass is 32.2. The van der Waals surface area contributed by atoms with Crippen molar-refractivity contribution in [3.8, 4) is 5.75 Å². The third kappa shape index (κ3) is 17.0. The molecule has 0 bridgehead atoms. The molecule has 6 aliphatic carbocycles. The van der Waals surface area contributed by atoms with E-state index in [0.29, 0.717) is 38.7 Å². The summed E-state index contributed by atoms with van der Waals surface area (Å²) in [5, 5.41) is 55.8. The van der Waals surface area contributed by atoms with Gasteiger partial charge in [0.05, 0.1) is 44.0 Å². The number of likely N-dealkylation sites (N-methyl/N-ethyl adjacent to an activating group) is 1. The Morgan fingerprint density at radius 1 is 0.421 bits per heavy atom. The Hall–Kier alpha value is -11.3. The Morgan fingerprint density at radius 3 is 1.28 bits per heavy atom. The average Bonchev–Trinajstić information content (AvgIpc) is 0.859. The number of carbonyl (C=O) groups excluding carboxylic acids is 6. The van der Waals surface area contributed by atoms with Gasteiger partial charge in [-0.05, 0) is 254 Å². The number of aliphatic hydroxyl groups excluding tert-OH is 3. The zero-order valence-electron chi connectivity index (χ0n) is 69.7. The normalized spacial score (nSPS) is 19.0. The maximum Gasteiger partial charge on any atom is 0.287 e. The fourth-order valence-electron chi connectivity index (χ4n) is 15.4. The highest BCUT2D eigenvalue weighted by Gasteiger charge is 2.44. The quantitative estimate of drug-likeness (QED) is 0.0376. The van der Waals surface area contributed by atoms with E-state index in [1.165, 1.54) is 6.08 Å². The SMILES string of the molecule is CCC1=C(C)C(=C2C(=O)C(c3ccc(N(CC)CC)cc3)=C2O)N=C1C.CCN(CC)C1=CC(=O)C(=C2C(=O)C(c3ccc(N(CC)CC)cc3O)=C2O)C=C1.CCN(CC)C1=NC(=O)C(=C2C(=O)C(c3ccc(N(CC)CC)cc3)=C2O)S1.CCN(CC)c1ccc(C2=C([O-])/C(=C3/C=CC(=[N+](CC)CC)C=C3C)C2=O)c(C)c1. The first-order valence-corrected chi connectivity index (χ1v) is 41.0. The van der Waals surface area contributed by atoms with Crippen LogP contribution in [0.5, 0.6) is 5.75 Å². The van der Waals surface area contributed by atoms with Crippen LogP contribution in [0.3, 0.4) is 0 Å². The van der Waals surface area contributed by atoms with Crippen molar-refractivity contribution in [2.45, 2.75) is 138 Å². The molecule has 600 valence electrons. The van der Waals surface area contributed by atoms with E-state index in [0.717, 1.165) is 189 Å². The van der Waals surface area contributed by atoms with Crippen LogP contribution in [0.1, 0.15) is 159 Å². The molecule has 0 saturated heterocycles. The molecule has 1 amide bonds. The van der Waals surface area contributed by atoms with E-state index in [2.05, 4.69) is 109 Å². The fraction of sp³-hybridized carbons (Fsp3) is 0.366. The summed E-state index contributed by atoms with van der Waals surface area (Å²) in [6.45, 7) is 50.7. The number of rotatable bonds is 24. The van der Waals surface area contributed by atoms with E-state index in [-0.39, 0.29) is 90.3 Å². The van der Waals surface area contributed by atoms with Gasteiger partial charge in [-0.2, -0.15) is 4.99 Å². The highest BCUT2D eigenvalue weighted by Crippen LogP contribution is 2.47. The molecule has 4 N–H and O–H groups in total. The largest absolute Gasteiger partial charge is 0.871 e. The van der Waals surface area contributed by atoms with Crippen molar-refractivity contribution in [1.82, 2.24) is 9.80 Å². The van der Waals surface area contributed by atoms with Crippen molar-refractivity contribution >= 4 is 108 Å². The molecule has 4 aromatic rings. The lowest BCUT2D eigenvalue weighted by molar-refractivity contribution is -0.519. The summed E-state index contributed by atoms with van der Waals surface area (Å²) in [6.07, 6.45) is 11.7. The number of aryl methyl sites for hydroxylation is 1. The third-order valence-corrected chi connectivity index (χ3v) is 23.3. The number of carbonyl (C=O) groups is 6. The topological polar surface area (TPSA) is 254 Å². The molecule has 0 fully saturated rings. The summed E-state index contributed by atoms with van der Waals surface area (Å²) < 4.78 is 2.25. The van der Waals surface area contributed by atoms with E-state index in [4.69, 9.17) is 0 Å². The van der Waals surface area contributed by atoms with E-state index in [9.17, 15) is 54.3 Å². The predicted octanol–water partition coefficient (Wildman–Crippen LogP) is 16.0. The molecule has 0 radical (unpaired) electrons. The van der Waals surface area contributed by atoms with E-state index in [1.54, 1.807) is 24.3 Å². The summed E-state index contributed by atoms with van der Waals surface area (Å²) in [6, 6.07) is 26.4. The van der Waals surface area contributed by atoms with Gasteiger partial charge in [0.2, 0.25) is 17.3 Å². The van der Waals surface area contributed by atoms with Gasteiger partial charge in [-0.25, -0.2) is 4.58 Å². The molecule has 114 heavy (non-hydrogen) atoms. The minimum absolute atomic E-state index is 0.00770. The summed E-state index contributed by atoms with van der Waals surface area (Å²) >= 11 is 1.16. The summed E-state index contributed by atoms with van der Waals surface area (Å²) in [7, 11) is 0. The number of anilines is 4. The number of aliphatic hydroxyl groups is 3. The number of benzene rings is 4. The van der Waals surface area contributed by atoms with Gasteiger partial charge in [-0.3, -0.25) is 33.8 Å². The first kappa shape index (κ1) is 86.7. The van der Waals surface area contributed by atoms with Gasteiger partial charge in [0.1, 0.15) is 36.1 Å². The highest BCUT2D eigenvalue weighted by molar-refractivity contribution is 8.18. The van der Waals surface area contributed by atoms with Crippen LogP contribution in [0.4, 0.5) is 22.7 Å². The number of hydrogen-bond donors (Lipinski definition) is 4. The van der Waals surface area contributed by atoms with Crippen molar-refractivity contribution in [2.75, 3.05) is 111 Å². The molecule has 4 aromatic carbocycles. The van der Waals surface area contributed by atoms with Gasteiger partial charge in [-0.15, -0.1) is 0 Å². The van der Waals surface area contributed by atoms with Gasteiger partial charge in [-0.1, -0.05) is 43.0 Å². The molecule has 0 saturated carbocycles. The minimum Gasteiger partial charge on any atom is -0.871 e. The van der Waals surface area contributed by atoms with Crippen LogP contribution in [0.25, 0.3) is 22.3 Å². The van der Waals surface area contributed by atoms with Crippen LogP contribution in [-0.2, 0) is 28.8 Å². The Labute approximate surface area is 676 Å². The van der Waals surface area contributed by atoms with E-state index >= 15 is 0 Å². The molecule has 0 spiro atoms. The minimum atomic E-state index is -0.460. The molecule has 0 atom stereocenters. The van der Waals surface area contributed by atoms with Crippen LogP contribution < -0.4 is 24.7 Å². The number of aliphatic imine (C=N–C) groups is 2. The van der Waals surface area contributed by atoms with Gasteiger partial charge < -0.3 is 54.9 Å². The number of nitrogens with zero attached hydrogens (tertiary/aromatic N) is 9. The van der Waals surface area contributed by atoms with Crippen LogP contribution in [0.15, 0.2) is 221 Å². The third-order valence-electron chi connectivity index (χ3n) is 22.2. The standard InChI is InChI=1S/C26H32N2O2.C24H28N2O4.C22H26N2O2.C21H25N3O3S/c1-7-27(8-2)19-11-13-21(17(5)15-19)23-25(29)24(26(23)30)22-14-12-20(16-18(22)6)28(9-3)10-4;1-5-25(6-2)15-9-11-17(19(27)13-15)21-23(29)22(24(21)30)18-12-10-16(14-20(18)28)26(7-3)8-4;1-6-17-13(4)20(23-14(17)5)19-21(25)18(22(19)26)15-9-11-16(12-10-15)24(7-2)8-3;1-5-23(6-2)14-11-9-13(10-12-14)15-17(25)16(18(15)26)19-20(27)22-21(28-19)24(7-3)8-4/h11-16H,7-10H2,1-6H3;9-14,27,29H,5-8H2,1-4H3;9-12,25H,6-8H2,1-5H3;9-12,25H,5-8H2,1-4H3. The lowest BCUT2D eigenvalue weighted by Gasteiger charge is -2.34. The van der Waals surface area contributed by atoms with Crippen molar-refractivity contribution in [3.63, 3.8) is 0 Å². The maximum atomic E-state index is 13.0. The number of amidine groups is 1. The van der Waals surface area contributed by atoms with Crippen molar-refractivity contribution < 1.29 is 58.9 Å². The van der Waals surface area contributed by atoms with Crippen LogP contribution in [0.2, 0.25) is 0 Å². The lowest BCUT2D eigenvalue weighted by atomic mass is 9.77. The number of phenols is 1. The van der Waals surface area contributed by atoms with Crippen LogP contribution in [0, 0.1) is 6.92 Å². The second-order valence-corrected chi connectivity index (χ2v) is 29.0. The summed E-state index contributed by atoms with van der Waals surface area (Å²) in [5.74, 6) is -2.30. The smallest absolute Gasteiger partial charge is 0.287 e. The number of phenolic OH excluding ortho intramolecular Hbond substituents is 1. The summed E-state index contributed by atoms with van der Waals surface area (Å²) in [4.78, 5) is 97.8. The number of aromatic hydroxyl groups is 1.